The van der Waals surface area contributed by atoms with E-state index in [1.54, 1.807) is 12.1 Å². The first-order chi connectivity index (χ1) is 16.4. The van der Waals surface area contributed by atoms with Crippen molar-refractivity contribution in [3.63, 3.8) is 0 Å². The van der Waals surface area contributed by atoms with Gasteiger partial charge in [-0.25, -0.2) is 13.4 Å². The Morgan fingerprint density at radius 1 is 0.971 bits per heavy atom. The molecule has 0 N–H and O–H groups in total. The van der Waals surface area contributed by atoms with Gasteiger partial charge in [-0.15, -0.1) is 0 Å². The quantitative estimate of drug-likeness (QED) is 0.526. The Balaban J connectivity index is 1.51. The predicted octanol–water partition coefficient (Wildman–Crippen LogP) is 3.81. The van der Waals surface area contributed by atoms with Crippen LogP contribution in [0.1, 0.15) is 16.8 Å². The Bertz CT molecular complexity index is 1280. The number of fused-ring (bicyclic) bond motifs is 1. The molecule has 0 atom stereocenters. The minimum absolute atomic E-state index is 0.130. The smallest absolute Gasteiger partial charge is 0.243 e. The van der Waals surface area contributed by atoms with Crippen molar-refractivity contribution < 1.29 is 17.9 Å². The van der Waals surface area contributed by atoms with Gasteiger partial charge in [0.2, 0.25) is 21.9 Å². The van der Waals surface area contributed by atoms with Gasteiger partial charge in [0.1, 0.15) is 5.75 Å². The number of hydrogen-bond donors (Lipinski definition) is 0. The number of nitrogens with zero attached hydrogens (tertiary/aromatic N) is 4. The number of benzene rings is 2. The minimum Gasteiger partial charge on any atom is -0.439 e. The third-order valence-electron chi connectivity index (χ3n) is 5.96. The third-order valence-corrected chi connectivity index (χ3v) is 8.07. The van der Waals surface area contributed by atoms with Gasteiger partial charge < -0.3 is 14.4 Å². The third kappa shape index (κ3) is 4.74. The number of aryl methyl sites for hydroxylation is 1. The Morgan fingerprint density at radius 2 is 1.68 bits per heavy atom. The van der Waals surface area contributed by atoms with Crippen LogP contribution in [0.3, 0.4) is 0 Å². The fourth-order valence-corrected chi connectivity index (χ4v) is 5.55. The lowest BCUT2D eigenvalue weighted by molar-refractivity contribution is 0.122. The predicted molar refractivity (Wildman–Crippen MR) is 129 cm³/mol. The summed E-state index contributed by atoms with van der Waals surface area (Å²) in [6.07, 6.45) is 0.465. The van der Waals surface area contributed by atoms with Crippen molar-refractivity contribution in [1.82, 2.24) is 14.3 Å². The summed E-state index contributed by atoms with van der Waals surface area (Å²) in [6, 6.07) is 13.9. The Kier molecular flexibility index (Phi) is 6.44. The van der Waals surface area contributed by atoms with E-state index in [0.29, 0.717) is 67.4 Å². The number of sulfonamides is 1. The molecule has 0 unspecified atom stereocenters. The van der Waals surface area contributed by atoms with E-state index in [2.05, 4.69) is 4.90 Å². The Morgan fingerprint density at radius 3 is 2.38 bits per heavy atom. The van der Waals surface area contributed by atoms with Crippen molar-refractivity contribution in [3.05, 3.63) is 70.4 Å². The topological polar surface area (TPSA) is 84.9 Å². The number of morpholine rings is 1. The molecule has 34 heavy (non-hydrogen) atoms. The number of halogens is 1. The summed E-state index contributed by atoms with van der Waals surface area (Å²) in [6.45, 7) is 5.07. The second-order valence-corrected chi connectivity index (χ2v) is 10.7. The minimum atomic E-state index is -3.71. The van der Waals surface area contributed by atoms with Crippen LogP contribution in [0.5, 0.6) is 11.6 Å². The van der Waals surface area contributed by atoms with Gasteiger partial charge in [-0.05, 0) is 43.3 Å². The molecule has 5 rings (SSSR count). The van der Waals surface area contributed by atoms with Gasteiger partial charge >= 0.3 is 0 Å². The molecule has 0 radical (unpaired) electrons. The SMILES string of the molecule is Cc1ccc(Oc2nc(N3CCOCC3)nc3c2CN(S(=O)(=O)c2ccc(Cl)cc2)CC3)cc1. The van der Waals surface area contributed by atoms with Crippen LogP contribution < -0.4 is 9.64 Å². The first kappa shape index (κ1) is 23.0. The lowest BCUT2D eigenvalue weighted by Gasteiger charge is -2.31. The summed E-state index contributed by atoms with van der Waals surface area (Å²) >= 11 is 5.95. The van der Waals surface area contributed by atoms with Crippen LogP contribution in [0, 0.1) is 6.92 Å². The normalized spacial score (nSPS) is 16.8. The molecule has 8 nitrogen and oxygen atoms in total. The zero-order chi connectivity index (χ0) is 23.7. The van der Waals surface area contributed by atoms with Crippen molar-refractivity contribution in [2.45, 2.75) is 24.8 Å². The number of rotatable bonds is 5. The zero-order valence-corrected chi connectivity index (χ0v) is 20.3. The maximum atomic E-state index is 13.3. The highest BCUT2D eigenvalue weighted by atomic mass is 35.5. The highest BCUT2D eigenvalue weighted by Gasteiger charge is 2.32. The largest absolute Gasteiger partial charge is 0.439 e. The first-order valence-electron chi connectivity index (χ1n) is 11.1. The number of anilines is 1. The molecule has 1 saturated heterocycles. The molecule has 178 valence electrons. The van der Waals surface area contributed by atoms with Gasteiger partial charge in [0.25, 0.3) is 0 Å². The molecule has 0 bridgehead atoms. The van der Waals surface area contributed by atoms with Gasteiger partial charge in [-0.1, -0.05) is 29.3 Å². The second-order valence-electron chi connectivity index (χ2n) is 8.31. The van der Waals surface area contributed by atoms with E-state index in [9.17, 15) is 8.42 Å². The molecule has 0 saturated carbocycles. The van der Waals surface area contributed by atoms with Crippen molar-refractivity contribution in [2.24, 2.45) is 0 Å². The lowest BCUT2D eigenvalue weighted by Crippen LogP contribution is -2.39. The maximum Gasteiger partial charge on any atom is 0.243 e. The lowest BCUT2D eigenvalue weighted by atomic mass is 10.1. The van der Waals surface area contributed by atoms with Crippen LogP contribution in [0.4, 0.5) is 5.95 Å². The molecular formula is C24H25ClN4O4S. The Labute approximate surface area is 204 Å². The molecule has 1 fully saturated rings. The van der Waals surface area contributed by atoms with E-state index >= 15 is 0 Å². The summed E-state index contributed by atoms with van der Waals surface area (Å²) < 4.78 is 39.7. The van der Waals surface area contributed by atoms with Crippen LogP contribution in [0.15, 0.2) is 53.4 Å². The molecule has 10 heteroatoms. The number of aromatic nitrogens is 2. The van der Waals surface area contributed by atoms with Crippen molar-refractivity contribution in [2.75, 3.05) is 37.7 Å². The Hall–Kier alpha value is -2.72. The number of hydrogen-bond acceptors (Lipinski definition) is 7. The highest BCUT2D eigenvalue weighted by Crippen LogP contribution is 2.33. The molecule has 2 aromatic carbocycles. The van der Waals surface area contributed by atoms with Crippen LogP contribution in [0.25, 0.3) is 0 Å². The summed E-state index contributed by atoms with van der Waals surface area (Å²) in [7, 11) is -3.71. The molecule has 3 aromatic rings. The molecule has 3 heterocycles. The standard InChI is InChI=1S/C24H25ClN4O4S/c1-17-2-6-19(7-3-17)33-23-21-16-29(34(30,31)20-8-4-18(25)5-9-20)11-10-22(21)26-24(27-23)28-12-14-32-15-13-28/h2-9H,10-16H2,1H3. The van der Waals surface area contributed by atoms with Gasteiger partial charge in [0.15, 0.2) is 0 Å². The maximum absolute atomic E-state index is 13.3. The fourth-order valence-electron chi connectivity index (χ4n) is 4.01. The molecule has 0 aliphatic carbocycles. The van der Waals surface area contributed by atoms with Gasteiger partial charge in [0, 0.05) is 37.6 Å². The van der Waals surface area contributed by atoms with E-state index in [1.165, 1.54) is 16.4 Å². The van der Waals surface area contributed by atoms with Gasteiger partial charge in [-0.3, -0.25) is 0 Å². The van der Waals surface area contributed by atoms with Crippen molar-refractivity contribution >= 4 is 27.6 Å². The van der Waals surface area contributed by atoms with E-state index in [4.69, 9.17) is 31.0 Å². The first-order valence-corrected chi connectivity index (χ1v) is 12.9. The van der Waals surface area contributed by atoms with Crippen LogP contribution in [0.2, 0.25) is 5.02 Å². The van der Waals surface area contributed by atoms with Crippen LogP contribution in [-0.2, 0) is 27.7 Å². The van der Waals surface area contributed by atoms with Crippen LogP contribution in [-0.4, -0.2) is 55.5 Å². The van der Waals surface area contributed by atoms with E-state index in [0.717, 1.165) is 11.3 Å². The fraction of sp³-hybridized carbons (Fsp3) is 0.333. The molecule has 1 aromatic heterocycles. The van der Waals surface area contributed by atoms with E-state index in [1.807, 2.05) is 31.2 Å². The molecular weight excluding hydrogens is 476 g/mol. The van der Waals surface area contributed by atoms with E-state index in [-0.39, 0.29) is 11.4 Å². The zero-order valence-electron chi connectivity index (χ0n) is 18.8. The highest BCUT2D eigenvalue weighted by molar-refractivity contribution is 7.89. The summed E-state index contributed by atoms with van der Waals surface area (Å²) in [5, 5.41) is 0.487. The molecule has 0 spiro atoms. The summed E-state index contributed by atoms with van der Waals surface area (Å²) in [4.78, 5) is 11.8. The van der Waals surface area contributed by atoms with Gasteiger partial charge in [-0.2, -0.15) is 9.29 Å². The van der Waals surface area contributed by atoms with Crippen molar-refractivity contribution in [3.8, 4) is 11.6 Å². The van der Waals surface area contributed by atoms with Gasteiger partial charge in [0.05, 0.1) is 29.4 Å². The molecule has 2 aliphatic heterocycles. The summed E-state index contributed by atoms with van der Waals surface area (Å²) in [5.41, 5.74) is 2.61. The van der Waals surface area contributed by atoms with Crippen LogP contribution >= 0.6 is 11.6 Å². The number of ether oxygens (including phenoxy) is 2. The molecule has 2 aliphatic rings. The molecule has 0 amide bonds. The summed E-state index contributed by atoms with van der Waals surface area (Å²) in [5.74, 6) is 1.60. The monoisotopic (exact) mass is 500 g/mol. The van der Waals surface area contributed by atoms with Crippen molar-refractivity contribution in [1.29, 1.82) is 0 Å². The van der Waals surface area contributed by atoms with E-state index < -0.39 is 10.0 Å². The average molecular weight is 501 g/mol. The average Bonchev–Trinajstić information content (AvgIpc) is 2.86. The second kappa shape index (κ2) is 9.50.